The number of anilines is 1. The van der Waals surface area contributed by atoms with Gasteiger partial charge in [-0.2, -0.15) is 4.98 Å². The van der Waals surface area contributed by atoms with E-state index in [1.165, 1.54) is 11.8 Å². The lowest BCUT2D eigenvalue weighted by molar-refractivity contribution is -0.115. The Hall–Kier alpha value is -3.39. The predicted molar refractivity (Wildman–Crippen MR) is 117 cm³/mol. The highest BCUT2D eigenvalue weighted by atomic mass is 32.2. The van der Waals surface area contributed by atoms with Crippen LogP contribution in [0.2, 0.25) is 0 Å². The number of ether oxygens (including phenoxy) is 1. The van der Waals surface area contributed by atoms with Crippen LogP contribution in [0.25, 0.3) is 5.78 Å². The van der Waals surface area contributed by atoms with E-state index in [2.05, 4.69) is 20.4 Å². The Morgan fingerprint density at radius 2 is 1.73 bits per heavy atom. The molecule has 2 heterocycles. The van der Waals surface area contributed by atoms with Gasteiger partial charge in [0.25, 0.3) is 5.78 Å². The maximum absolute atomic E-state index is 12.6. The second-order valence-electron chi connectivity index (χ2n) is 6.74. The average Bonchev–Trinajstić information content (AvgIpc) is 3.16. The molecule has 0 aliphatic carbocycles. The van der Waals surface area contributed by atoms with Gasteiger partial charge in [-0.05, 0) is 56.5 Å². The van der Waals surface area contributed by atoms with Gasteiger partial charge in [0.15, 0.2) is 0 Å². The molecule has 1 N–H and O–H groups in total. The van der Waals surface area contributed by atoms with Crippen molar-refractivity contribution in [1.82, 2.24) is 19.6 Å². The van der Waals surface area contributed by atoms with Crippen LogP contribution in [-0.4, -0.2) is 31.7 Å². The number of nitrogens with zero attached hydrogens (tertiary/aromatic N) is 4. The molecule has 152 valence electrons. The van der Waals surface area contributed by atoms with Crippen LogP contribution in [0.5, 0.6) is 11.5 Å². The zero-order valence-corrected chi connectivity index (χ0v) is 17.7. The molecule has 30 heavy (non-hydrogen) atoms. The molecule has 2 aromatic carbocycles. The molecule has 0 aliphatic heterocycles. The molecular formula is C22H21N5O2S. The molecule has 0 unspecified atom stereocenters. The fourth-order valence-corrected chi connectivity index (χ4v) is 3.47. The average molecular weight is 420 g/mol. The molecule has 8 heteroatoms. The lowest BCUT2D eigenvalue weighted by Crippen LogP contribution is -2.17. The number of nitrogens with one attached hydrogen (secondary N) is 1. The van der Waals surface area contributed by atoms with Crippen molar-refractivity contribution < 1.29 is 9.53 Å². The highest BCUT2D eigenvalue weighted by molar-refractivity contribution is 7.98. The quantitative estimate of drug-likeness (QED) is 0.466. The summed E-state index contributed by atoms with van der Waals surface area (Å²) in [4.78, 5) is 21.5. The van der Waals surface area contributed by atoms with Crippen LogP contribution >= 0.6 is 11.8 Å². The van der Waals surface area contributed by atoms with Gasteiger partial charge in [-0.1, -0.05) is 30.0 Å². The molecule has 0 bridgehead atoms. The lowest BCUT2D eigenvalue weighted by atomic mass is 10.1. The van der Waals surface area contributed by atoms with Gasteiger partial charge in [0.2, 0.25) is 11.1 Å². The van der Waals surface area contributed by atoms with Gasteiger partial charge in [-0.25, -0.2) is 9.50 Å². The maximum atomic E-state index is 12.6. The van der Waals surface area contributed by atoms with Gasteiger partial charge in [-0.3, -0.25) is 4.79 Å². The minimum atomic E-state index is -0.121. The summed E-state index contributed by atoms with van der Waals surface area (Å²) < 4.78 is 7.47. The first kappa shape index (κ1) is 19.9. The number of benzene rings is 2. The largest absolute Gasteiger partial charge is 0.457 e. The Bertz CT molecular complexity index is 1190. The van der Waals surface area contributed by atoms with E-state index in [0.717, 1.165) is 22.7 Å². The van der Waals surface area contributed by atoms with Crippen molar-refractivity contribution in [3.8, 4) is 11.5 Å². The zero-order chi connectivity index (χ0) is 21.1. The van der Waals surface area contributed by atoms with Crippen molar-refractivity contribution in [2.75, 3.05) is 11.6 Å². The Labute approximate surface area is 178 Å². The zero-order valence-electron chi connectivity index (χ0n) is 16.9. The highest BCUT2D eigenvalue weighted by Gasteiger charge is 2.16. The van der Waals surface area contributed by atoms with E-state index >= 15 is 0 Å². The van der Waals surface area contributed by atoms with Crippen molar-refractivity contribution >= 4 is 29.1 Å². The number of carbonyl (C=O) groups excluding carboxylic acids is 1. The number of carbonyl (C=O) groups is 1. The van der Waals surface area contributed by atoms with Crippen LogP contribution in [0.1, 0.15) is 17.0 Å². The van der Waals surface area contributed by atoms with E-state index in [9.17, 15) is 4.79 Å². The number of hydrogen-bond acceptors (Lipinski definition) is 6. The van der Waals surface area contributed by atoms with Crippen LogP contribution in [-0.2, 0) is 11.2 Å². The number of para-hydroxylation sites is 1. The molecule has 7 nitrogen and oxygen atoms in total. The molecular weight excluding hydrogens is 398 g/mol. The highest BCUT2D eigenvalue weighted by Crippen LogP contribution is 2.23. The number of amides is 1. The molecule has 4 rings (SSSR count). The second kappa shape index (κ2) is 8.54. The minimum absolute atomic E-state index is 0.121. The molecule has 2 aromatic heterocycles. The summed E-state index contributed by atoms with van der Waals surface area (Å²) in [5.41, 5.74) is 3.20. The summed E-state index contributed by atoms with van der Waals surface area (Å²) in [5.74, 6) is 1.90. The van der Waals surface area contributed by atoms with Crippen LogP contribution in [0.3, 0.4) is 0 Å². The monoisotopic (exact) mass is 419 g/mol. The fourth-order valence-electron chi connectivity index (χ4n) is 3.13. The third-order valence-corrected chi connectivity index (χ3v) is 5.20. The molecule has 0 aliphatic rings. The van der Waals surface area contributed by atoms with Crippen LogP contribution < -0.4 is 10.1 Å². The first-order valence-electron chi connectivity index (χ1n) is 9.43. The Kier molecular flexibility index (Phi) is 5.67. The lowest BCUT2D eigenvalue weighted by Gasteiger charge is -2.11. The van der Waals surface area contributed by atoms with Gasteiger partial charge in [0, 0.05) is 22.6 Å². The summed E-state index contributed by atoms with van der Waals surface area (Å²) in [7, 11) is 0. The molecule has 0 saturated carbocycles. The summed E-state index contributed by atoms with van der Waals surface area (Å²) >= 11 is 1.46. The van der Waals surface area contributed by atoms with Gasteiger partial charge in [-0.15, -0.1) is 5.10 Å². The second-order valence-corrected chi connectivity index (χ2v) is 7.51. The minimum Gasteiger partial charge on any atom is -0.457 e. The van der Waals surface area contributed by atoms with Crippen molar-refractivity contribution in [3.63, 3.8) is 0 Å². The van der Waals surface area contributed by atoms with Crippen molar-refractivity contribution in [2.24, 2.45) is 0 Å². The first-order chi connectivity index (χ1) is 14.5. The molecule has 0 radical (unpaired) electrons. The number of hydrogen-bond donors (Lipinski definition) is 1. The predicted octanol–water partition coefficient (Wildman–Crippen LogP) is 4.44. The standard InChI is InChI=1S/C22H21N5O2S/c1-14-19(15(2)27-21(23-14)25-22(26-27)30-3)13-20(28)24-16-9-11-18(12-10-16)29-17-7-5-4-6-8-17/h4-12H,13H2,1-3H3,(H,24,28). The maximum Gasteiger partial charge on any atom is 0.253 e. The number of fused-ring (bicyclic) bond motifs is 1. The molecule has 0 atom stereocenters. The van der Waals surface area contributed by atoms with Gasteiger partial charge < -0.3 is 10.1 Å². The van der Waals surface area contributed by atoms with E-state index in [0.29, 0.717) is 22.4 Å². The Morgan fingerprint density at radius 1 is 1.03 bits per heavy atom. The number of aryl methyl sites for hydroxylation is 2. The number of thioether (sulfide) groups is 1. The van der Waals surface area contributed by atoms with Crippen molar-refractivity contribution in [2.45, 2.75) is 25.4 Å². The van der Waals surface area contributed by atoms with Gasteiger partial charge in [0.1, 0.15) is 11.5 Å². The summed E-state index contributed by atoms with van der Waals surface area (Å²) in [5, 5.41) is 8.01. The fraction of sp³-hybridized carbons (Fsp3) is 0.182. The van der Waals surface area contributed by atoms with E-state index in [1.807, 2.05) is 74.7 Å². The molecule has 0 saturated heterocycles. The third-order valence-electron chi connectivity index (χ3n) is 4.67. The SMILES string of the molecule is CSc1nc2nc(C)c(CC(=O)Nc3ccc(Oc4ccccc4)cc3)c(C)n2n1. The molecule has 0 spiro atoms. The van der Waals surface area contributed by atoms with Crippen LogP contribution in [0, 0.1) is 13.8 Å². The van der Waals surface area contributed by atoms with Gasteiger partial charge in [0.05, 0.1) is 6.42 Å². The van der Waals surface area contributed by atoms with E-state index in [-0.39, 0.29) is 12.3 Å². The van der Waals surface area contributed by atoms with Crippen LogP contribution in [0.15, 0.2) is 59.8 Å². The Balaban J connectivity index is 1.45. The van der Waals surface area contributed by atoms with E-state index in [4.69, 9.17) is 4.74 Å². The first-order valence-corrected chi connectivity index (χ1v) is 10.7. The normalized spacial score (nSPS) is 10.9. The van der Waals surface area contributed by atoms with E-state index < -0.39 is 0 Å². The summed E-state index contributed by atoms with van der Waals surface area (Å²) in [6.07, 6.45) is 2.12. The van der Waals surface area contributed by atoms with Crippen LogP contribution in [0.4, 0.5) is 5.69 Å². The Morgan fingerprint density at radius 3 is 2.43 bits per heavy atom. The van der Waals surface area contributed by atoms with Crippen molar-refractivity contribution in [1.29, 1.82) is 0 Å². The third kappa shape index (κ3) is 4.28. The number of aromatic nitrogens is 4. The molecule has 1 amide bonds. The smallest absolute Gasteiger partial charge is 0.253 e. The number of rotatable bonds is 6. The summed E-state index contributed by atoms with van der Waals surface area (Å²) in [6, 6.07) is 16.8. The van der Waals surface area contributed by atoms with E-state index in [1.54, 1.807) is 4.52 Å². The summed E-state index contributed by atoms with van der Waals surface area (Å²) in [6.45, 7) is 3.82. The van der Waals surface area contributed by atoms with Crippen molar-refractivity contribution in [3.05, 3.63) is 71.5 Å². The molecule has 4 aromatic rings. The topological polar surface area (TPSA) is 81.4 Å². The van der Waals surface area contributed by atoms with Gasteiger partial charge >= 0.3 is 0 Å². The molecule has 0 fully saturated rings.